The second kappa shape index (κ2) is 7.13. The van der Waals surface area contributed by atoms with Crippen LogP contribution in [0, 0.1) is 0 Å². The van der Waals surface area contributed by atoms with Gasteiger partial charge in [0.25, 0.3) is 5.91 Å². The fourth-order valence-corrected chi connectivity index (χ4v) is 2.00. The van der Waals surface area contributed by atoms with Crippen LogP contribution in [0.4, 0.5) is 0 Å². The Morgan fingerprint density at radius 1 is 1.56 bits per heavy atom. The number of carbonyl (C=O) groups excluding carboxylic acids is 2. The van der Waals surface area contributed by atoms with Crippen molar-refractivity contribution >= 4 is 23.2 Å². The quantitative estimate of drug-likeness (QED) is 0.797. The van der Waals surface area contributed by atoms with Gasteiger partial charge in [0.2, 0.25) is 5.91 Å². The average Bonchev–Trinajstić information content (AvgIpc) is 2.90. The summed E-state index contributed by atoms with van der Waals surface area (Å²) in [6, 6.07) is 3.59. The van der Waals surface area contributed by atoms with Crippen molar-refractivity contribution in [2.75, 3.05) is 20.1 Å². The van der Waals surface area contributed by atoms with Crippen LogP contribution in [0.2, 0.25) is 0 Å². The van der Waals surface area contributed by atoms with Crippen LogP contribution in [0.3, 0.4) is 0 Å². The number of carbonyl (C=O) groups is 2. The van der Waals surface area contributed by atoms with Crippen LogP contribution < -0.4 is 11.1 Å². The van der Waals surface area contributed by atoms with Crippen molar-refractivity contribution in [3.63, 3.8) is 0 Å². The molecule has 1 aromatic heterocycles. The van der Waals surface area contributed by atoms with Gasteiger partial charge in [-0.15, -0.1) is 11.3 Å². The molecule has 0 fully saturated rings. The number of nitrogens with one attached hydrogen (secondary N) is 1. The number of hydrogen-bond donors (Lipinski definition) is 2. The van der Waals surface area contributed by atoms with Gasteiger partial charge < -0.3 is 16.0 Å². The van der Waals surface area contributed by atoms with Crippen molar-refractivity contribution in [2.45, 2.75) is 19.4 Å². The first-order valence-corrected chi connectivity index (χ1v) is 6.71. The minimum atomic E-state index is -0.132. The number of likely N-dealkylation sites (N-methyl/N-ethyl adjacent to an activating group) is 1. The van der Waals surface area contributed by atoms with E-state index in [2.05, 4.69) is 5.32 Å². The van der Waals surface area contributed by atoms with E-state index in [1.807, 2.05) is 18.4 Å². The predicted octanol–water partition coefficient (Wildman–Crippen LogP) is 0.674. The Hall–Kier alpha value is -1.40. The number of thiophene rings is 1. The van der Waals surface area contributed by atoms with E-state index in [1.165, 1.54) is 11.3 Å². The highest BCUT2D eigenvalue weighted by atomic mass is 32.1. The number of rotatable bonds is 6. The summed E-state index contributed by atoms with van der Waals surface area (Å²) in [5.41, 5.74) is 5.49. The first-order valence-electron chi connectivity index (χ1n) is 5.83. The van der Waals surface area contributed by atoms with Crippen LogP contribution in [-0.4, -0.2) is 42.9 Å². The van der Waals surface area contributed by atoms with Crippen LogP contribution in [0.5, 0.6) is 0 Å². The highest BCUT2D eigenvalue weighted by Crippen LogP contribution is 2.07. The van der Waals surface area contributed by atoms with Crippen LogP contribution in [-0.2, 0) is 4.79 Å². The van der Waals surface area contributed by atoms with Gasteiger partial charge in [-0.1, -0.05) is 6.07 Å². The molecule has 0 saturated heterocycles. The van der Waals surface area contributed by atoms with Crippen molar-refractivity contribution in [1.29, 1.82) is 0 Å². The van der Waals surface area contributed by atoms with Crippen LogP contribution >= 0.6 is 11.3 Å². The van der Waals surface area contributed by atoms with Crippen LogP contribution in [0.15, 0.2) is 17.5 Å². The molecule has 3 N–H and O–H groups in total. The first kappa shape index (κ1) is 14.7. The Balaban J connectivity index is 2.29. The van der Waals surface area contributed by atoms with Gasteiger partial charge in [0.05, 0.1) is 4.88 Å². The summed E-state index contributed by atoms with van der Waals surface area (Å²) in [5.74, 6) is -0.147. The molecule has 1 rings (SSSR count). The normalized spacial score (nSPS) is 11.9. The molecule has 1 atom stereocenters. The first-order chi connectivity index (χ1) is 8.56. The smallest absolute Gasteiger partial charge is 0.261 e. The van der Waals surface area contributed by atoms with Crippen LogP contribution in [0.25, 0.3) is 0 Å². The Bertz CT molecular complexity index is 392. The molecule has 0 aliphatic carbocycles. The van der Waals surface area contributed by atoms with Gasteiger partial charge in [0.1, 0.15) is 0 Å². The molecule has 1 aromatic rings. The summed E-state index contributed by atoms with van der Waals surface area (Å²) < 4.78 is 0. The van der Waals surface area contributed by atoms with Crippen molar-refractivity contribution < 1.29 is 9.59 Å². The van der Waals surface area contributed by atoms with Gasteiger partial charge in [0, 0.05) is 32.6 Å². The lowest BCUT2D eigenvalue weighted by Gasteiger charge is -2.23. The van der Waals surface area contributed by atoms with E-state index in [0.717, 1.165) is 0 Å². The zero-order valence-electron chi connectivity index (χ0n) is 10.7. The summed E-state index contributed by atoms with van der Waals surface area (Å²) in [7, 11) is 1.72. The Morgan fingerprint density at radius 2 is 2.28 bits per heavy atom. The third-order valence-electron chi connectivity index (χ3n) is 2.77. The predicted molar refractivity (Wildman–Crippen MR) is 72.6 cm³/mol. The van der Waals surface area contributed by atoms with E-state index in [0.29, 0.717) is 18.0 Å². The van der Waals surface area contributed by atoms with Gasteiger partial charge in [0.15, 0.2) is 0 Å². The molecule has 2 amide bonds. The van der Waals surface area contributed by atoms with Crippen molar-refractivity contribution in [3.05, 3.63) is 22.4 Å². The molecule has 18 heavy (non-hydrogen) atoms. The summed E-state index contributed by atoms with van der Waals surface area (Å²) >= 11 is 1.38. The topological polar surface area (TPSA) is 75.4 Å². The van der Waals surface area contributed by atoms with Crippen molar-refractivity contribution in [1.82, 2.24) is 10.2 Å². The summed E-state index contributed by atoms with van der Waals surface area (Å²) in [4.78, 5) is 25.6. The van der Waals surface area contributed by atoms with Gasteiger partial charge in [-0.05, 0) is 18.4 Å². The molecule has 0 aromatic carbocycles. The average molecular weight is 269 g/mol. The summed E-state index contributed by atoms with van der Waals surface area (Å²) in [6.07, 6.45) is 0.290. The molecule has 1 heterocycles. The monoisotopic (exact) mass is 269 g/mol. The highest BCUT2D eigenvalue weighted by molar-refractivity contribution is 7.12. The van der Waals surface area contributed by atoms with Gasteiger partial charge in [-0.3, -0.25) is 9.59 Å². The van der Waals surface area contributed by atoms with Crippen LogP contribution in [0.1, 0.15) is 23.0 Å². The molecule has 5 nitrogen and oxygen atoms in total. The largest absolute Gasteiger partial charge is 0.351 e. The lowest BCUT2D eigenvalue weighted by Crippen LogP contribution is -2.41. The summed E-state index contributed by atoms with van der Waals surface area (Å²) in [6.45, 7) is 2.67. The van der Waals surface area contributed by atoms with Gasteiger partial charge in [-0.25, -0.2) is 0 Å². The molecule has 6 heteroatoms. The zero-order chi connectivity index (χ0) is 13.5. The van der Waals surface area contributed by atoms with E-state index in [9.17, 15) is 9.59 Å². The van der Waals surface area contributed by atoms with Crippen molar-refractivity contribution in [3.8, 4) is 0 Å². The lowest BCUT2D eigenvalue weighted by atomic mass is 10.2. The van der Waals surface area contributed by atoms with E-state index < -0.39 is 0 Å². The molecule has 0 aliphatic heterocycles. The third kappa shape index (κ3) is 4.12. The molecule has 1 unspecified atom stereocenters. The second-order valence-corrected chi connectivity index (χ2v) is 5.02. The van der Waals surface area contributed by atoms with E-state index >= 15 is 0 Å². The van der Waals surface area contributed by atoms with Crippen molar-refractivity contribution in [2.24, 2.45) is 5.73 Å². The fourth-order valence-electron chi connectivity index (χ4n) is 1.36. The minimum Gasteiger partial charge on any atom is -0.351 e. The molecule has 0 radical (unpaired) electrons. The summed E-state index contributed by atoms with van der Waals surface area (Å²) in [5, 5.41) is 4.56. The second-order valence-electron chi connectivity index (χ2n) is 4.07. The Kier molecular flexibility index (Phi) is 5.80. The molecule has 100 valence electrons. The van der Waals surface area contributed by atoms with Gasteiger partial charge >= 0.3 is 0 Å². The maximum Gasteiger partial charge on any atom is 0.261 e. The standard InChI is InChI=1S/C12H19N3O2S/c1-9(8-13)15(2)11(16)5-6-14-12(17)10-4-3-7-18-10/h3-4,7,9H,5-6,8,13H2,1-2H3,(H,14,17). The molecular formula is C12H19N3O2S. The maximum atomic E-state index is 11.7. The number of nitrogens with two attached hydrogens (primary N) is 1. The highest BCUT2D eigenvalue weighted by Gasteiger charge is 2.14. The van der Waals surface area contributed by atoms with E-state index in [1.54, 1.807) is 18.0 Å². The molecule has 0 spiro atoms. The molecular weight excluding hydrogens is 250 g/mol. The number of nitrogens with zero attached hydrogens (tertiary/aromatic N) is 1. The Morgan fingerprint density at radius 3 is 2.83 bits per heavy atom. The fraction of sp³-hybridized carbons (Fsp3) is 0.500. The van der Waals surface area contributed by atoms with E-state index in [4.69, 9.17) is 5.73 Å². The lowest BCUT2D eigenvalue weighted by molar-refractivity contribution is -0.131. The number of amides is 2. The molecule has 0 aliphatic rings. The SMILES string of the molecule is CC(CN)N(C)C(=O)CCNC(=O)c1cccs1. The Labute approximate surface area is 111 Å². The maximum absolute atomic E-state index is 11.7. The van der Waals surface area contributed by atoms with E-state index in [-0.39, 0.29) is 24.3 Å². The minimum absolute atomic E-state index is 0.0144. The number of hydrogen-bond acceptors (Lipinski definition) is 4. The molecule has 0 bridgehead atoms. The molecule has 0 saturated carbocycles. The zero-order valence-corrected chi connectivity index (χ0v) is 11.5. The third-order valence-corrected chi connectivity index (χ3v) is 3.63. The van der Waals surface area contributed by atoms with Gasteiger partial charge in [-0.2, -0.15) is 0 Å².